The number of carbonyl (C=O) groups is 4. The fourth-order valence-corrected chi connectivity index (χ4v) is 8.36. The number of aromatic nitrogens is 3. The molecule has 332 valence electrons. The second-order valence-corrected chi connectivity index (χ2v) is 15.2. The first-order chi connectivity index (χ1) is 29.7. The van der Waals surface area contributed by atoms with Crippen LogP contribution in [0, 0.1) is 0 Å². The molecule has 2 aliphatic rings. The third-order valence-electron chi connectivity index (χ3n) is 11.2. The van der Waals surface area contributed by atoms with E-state index in [1.807, 2.05) is 7.05 Å². The number of halogens is 5. The molecule has 0 radical (unpaired) electrons. The van der Waals surface area contributed by atoms with Gasteiger partial charge in [-0.2, -0.15) is 13.2 Å². The number of aromatic amines is 2. The maximum Gasteiger partial charge on any atom is 0.432 e. The van der Waals surface area contributed by atoms with Crippen LogP contribution in [0.5, 0.6) is 23.0 Å². The predicted octanol–water partition coefficient (Wildman–Crippen LogP) is 2.60. The highest BCUT2D eigenvalue weighted by Gasteiger charge is 2.44. The molecule has 1 saturated heterocycles. The molecule has 2 aliphatic heterocycles. The minimum atomic E-state index is -5.05. The standard InChI is InChI=1S/C42H39ClF3N7O9.ClH/c1-51-8-10-52(11-9-51)41(57)62-29-16-28-31(32-33(40(56)61-5)37(42(44,45)46)50-34(29)32)22(17-43)19-53(28)39(55)27-13-20-12-23(6-7-25(20)49-27)48-38(54)26-15-24-21(18-47-26)14-30(58-2)36(60-4)35(24)59-3;/h6-7,12-16,18,22,49-50H,8-11,17,19H2,1-5H3,(H,48,54);1H/t22-;/m1./s1. The summed E-state index contributed by atoms with van der Waals surface area (Å²) >= 11 is 6.44. The maximum absolute atomic E-state index is 14.6. The third-order valence-corrected chi connectivity index (χ3v) is 11.6. The summed E-state index contributed by atoms with van der Waals surface area (Å²) in [4.78, 5) is 68.3. The van der Waals surface area contributed by atoms with Gasteiger partial charge in [-0.1, -0.05) is 0 Å². The monoisotopic (exact) mass is 913 g/mol. The van der Waals surface area contributed by atoms with Crippen molar-refractivity contribution in [2.24, 2.45) is 0 Å². The summed E-state index contributed by atoms with van der Waals surface area (Å²) in [5, 5.41) is 4.36. The van der Waals surface area contributed by atoms with Crippen LogP contribution in [0.15, 0.2) is 48.7 Å². The van der Waals surface area contributed by atoms with Crippen molar-refractivity contribution in [3.63, 3.8) is 0 Å². The number of amides is 3. The number of hydrogen-bond acceptors (Lipinski definition) is 10. The molecule has 3 aromatic heterocycles. The van der Waals surface area contributed by atoms with Crippen molar-refractivity contribution < 1.29 is 73.3 Å². The lowest BCUT2D eigenvalue weighted by Gasteiger charge is -2.29. The molecule has 0 bridgehead atoms. The number of anilines is 2. The van der Waals surface area contributed by atoms with Gasteiger partial charge < -0.3 is 61.2 Å². The van der Waals surface area contributed by atoms with Gasteiger partial charge in [-0.3, -0.25) is 19.5 Å². The van der Waals surface area contributed by atoms with E-state index in [2.05, 4.69) is 20.3 Å². The topological polar surface area (TPSA) is 182 Å². The van der Waals surface area contributed by atoms with E-state index in [1.54, 1.807) is 36.4 Å². The van der Waals surface area contributed by atoms with E-state index >= 15 is 0 Å². The number of rotatable bonds is 9. The molecule has 3 amide bonds. The zero-order valence-corrected chi connectivity index (χ0v) is 35.9. The van der Waals surface area contributed by atoms with Gasteiger partial charge in [0.1, 0.15) is 17.1 Å². The highest BCUT2D eigenvalue weighted by molar-refractivity contribution is 6.20. The molecule has 63 heavy (non-hydrogen) atoms. The van der Waals surface area contributed by atoms with Crippen molar-refractivity contribution in [3.05, 3.63) is 76.9 Å². The first kappa shape index (κ1) is 44.6. The molecule has 0 saturated carbocycles. The van der Waals surface area contributed by atoms with Gasteiger partial charge in [-0.25, -0.2) is 9.59 Å². The number of nitrogens with one attached hydrogen (secondary N) is 4. The molecular formula is C42H40Cl2F3N7O9. The Morgan fingerprint density at radius 2 is 1.67 bits per heavy atom. The Morgan fingerprint density at radius 3 is 2.32 bits per heavy atom. The van der Waals surface area contributed by atoms with Crippen LogP contribution in [-0.2, 0) is 10.9 Å². The molecule has 0 unspecified atom stereocenters. The lowest BCUT2D eigenvalue weighted by atomic mass is 9.95. The number of quaternary nitrogens is 1. The van der Waals surface area contributed by atoms with E-state index in [0.717, 1.165) is 7.11 Å². The number of methoxy groups -OCH3 is 4. The number of pyridine rings is 1. The average molecular weight is 915 g/mol. The molecule has 1 atom stereocenters. The Kier molecular flexibility index (Phi) is 12.3. The second kappa shape index (κ2) is 17.4. The van der Waals surface area contributed by atoms with Crippen molar-refractivity contribution in [2.75, 3.05) is 84.3 Å². The van der Waals surface area contributed by atoms with Crippen molar-refractivity contribution in [3.8, 4) is 23.0 Å². The number of esters is 1. The fourth-order valence-electron chi connectivity index (χ4n) is 8.11. The quantitative estimate of drug-likeness (QED) is 0.124. The Hall–Kier alpha value is -6.44. The number of ether oxygens (including phenoxy) is 5. The summed E-state index contributed by atoms with van der Waals surface area (Å²) in [6, 6.07) is 11.1. The Labute approximate surface area is 367 Å². The summed E-state index contributed by atoms with van der Waals surface area (Å²) < 4.78 is 70.9. The van der Waals surface area contributed by atoms with Crippen LogP contribution in [-0.4, -0.2) is 118 Å². The second-order valence-electron chi connectivity index (χ2n) is 14.9. The molecule has 5 heterocycles. The largest absolute Gasteiger partial charge is 1.00 e. The smallest absolute Gasteiger partial charge is 0.432 e. The highest BCUT2D eigenvalue weighted by atomic mass is 35.5. The number of benzene rings is 3. The number of nitrogens with zero attached hydrogens (tertiary/aromatic N) is 3. The van der Waals surface area contributed by atoms with Crippen LogP contribution >= 0.6 is 11.6 Å². The molecule has 8 rings (SSSR count). The molecular weight excluding hydrogens is 874 g/mol. The molecule has 0 aliphatic carbocycles. The van der Waals surface area contributed by atoms with Crippen LogP contribution in [0.3, 0.4) is 0 Å². The molecule has 1 fully saturated rings. The highest BCUT2D eigenvalue weighted by Crippen LogP contribution is 2.50. The van der Waals surface area contributed by atoms with Crippen LogP contribution in [0.2, 0.25) is 0 Å². The van der Waals surface area contributed by atoms with Crippen molar-refractivity contribution in [1.82, 2.24) is 19.9 Å². The number of hydrogen-bond donors (Lipinski definition) is 4. The third kappa shape index (κ3) is 7.95. The fraction of sp³-hybridized carbons (Fsp3) is 0.310. The lowest BCUT2D eigenvalue weighted by molar-refractivity contribution is -0.883. The van der Waals surface area contributed by atoms with Gasteiger partial charge in [-0.05, 0) is 42.0 Å². The molecule has 3 aromatic carbocycles. The van der Waals surface area contributed by atoms with Gasteiger partial charge >= 0.3 is 18.2 Å². The minimum Gasteiger partial charge on any atom is -1.00 e. The number of fused-ring (bicyclic) bond motifs is 5. The zero-order valence-electron chi connectivity index (χ0n) is 34.3. The SMILES string of the molecule is COC(=O)c1c(C(F)(F)F)[nH]c2c(OC(=O)N3CC[NH+](C)CC3)cc3c(c12)[C@H](CCl)CN3C(=O)c1cc2cc(NC(=O)c3cc4c(OC)c(OC)c(OC)cc4cn3)ccc2[nH]1.[Cl-]. The van der Waals surface area contributed by atoms with Gasteiger partial charge in [0.2, 0.25) is 5.75 Å². The van der Waals surface area contributed by atoms with Crippen LogP contribution in [0.4, 0.5) is 29.3 Å². The van der Waals surface area contributed by atoms with E-state index in [-0.39, 0.29) is 64.1 Å². The molecule has 4 N–H and O–H groups in total. The Balaban J connectivity index is 0.00000595. The summed E-state index contributed by atoms with van der Waals surface area (Å²) in [7, 11) is 7.37. The van der Waals surface area contributed by atoms with Gasteiger partial charge in [0.05, 0.1) is 78.4 Å². The molecule has 21 heteroatoms. The van der Waals surface area contributed by atoms with Crippen LogP contribution in [0.1, 0.15) is 48.5 Å². The maximum atomic E-state index is 14.6. The van der Waals surface area contributed by atoms with E-state index in [9.17, 15) is 32.3 Å². The molecule has 0 spiro atoms. The van der Waals surface area contributed by atoms with Gasteiger partial charge in [0.15, 0.2) is 17.2 Å². The number of alkyl halides is 4. The van der Waals surface area contributed by atoms with Gasteiger partial charge in [0.25, 0.3) is 11.8 Å². The lowest BCUT2D eigenvalue weighted by Crippen LogP contribution is -3.12. The van der Waals surface area contributed by atoms with Crippen molar-refractivity contribution >= 4 is 79.4 Å². The predicted molar refractivity (Wildman–Crippen MR) is 222 cm³/mol. The normalized spacial score (nSPS) is 15.3. The minimum absolute atomic E-state index is 0. The number of likely N-dealkylation sites (N-methyl/N-ethyl adjacent to an activating group) is 1. The summed E-state index contributed by atoms with van der Waals surface area (Å²) in [6.45, 7) is 1.86. The average Bonchev–Trinajstić information content (AvgIpc) is 3.99. The van der Waals surface area contributed by atoms with E-state index in [0.29, 0.717) is 70.8 Å². The van der Waals surface area contributed by atoms with Crippen LogP contribution in [0.25, 0.3) is 32.6 Å². The van der Waals surface area contributed by atoms with E-state index in [1.165, 1.54) is 48.3 Å². The number of piperazine rings is 1. The first-order valence-corrected chi connectivity index (χ1v) is 19.8. The first-order valence-electron chi connectivity index (χ1n) is 19.3. The summed E-state index contributed by atoms with van der Waals surface area (Å²) in [6.07, 6.45) is -4.34. The van der Waals surface area contributed by atoms with Gasteiger partial charge in [0, 0.05) is 63.4 Å². The zero-order chi connectivity index (χ0) is 44.2. The van der Waals surface area contributed by atoms with Crippen molar-refractivity contribution in [2.45, 2.75) is 12.1 Å². The molecule has 16 nitrogen and oxygen atoms in total. The number of H-pyrrole nitrogens is 2. The van der Waals surface area contributed by atoms with E-state index in [4.69, 9.17) is 35.3 Å². The Morgan fingerprint density at radius 1 is 0.937 bits per heavy atom. The van der Waals surface area contributed by atoms with E-state index < -0.39 is 47.2 Å². The van der Waals surface area contributed by atoms with Gasteiger partial charge in [-0.15, -0.1) is 11.6 Å². The summed E-state index contributed by atoms with van der Waals surface area (Å²) in [5.41, 5.74) is -1.14. The van der Waals surface area contributed by atoms with Crippen LogP contribution < -0.4 is 46.5 Å². The molecule has 6 aromatic rings. The van der Waals surface area contributed by atoms with Crippen molar-refractivity contribution in [1.29, 1.82) is 0 Å². The number of carbonyl (C=O) groups excluding carboxylic acids is 4. The Bertz CT molecular complexity index is 2810. The summed E-state index contributed by atoms with van der Waals surface area (Å²) in [5.74, 6) is -2.48.